The number of nitrogens with zero attached hydrogens (tertiary/aromatic N) is 4. The molecule has 0 spiro atoms. The molecule has 0 unspecified atom stereocenters. The van der Waals surface area contributed by atoms with Gasteiger partial charge in [-0.1, -0.05) is 12.1 Å². The molecule has 1 aliphatic rings. The summed E-state index contributed by atoms with van der Waals surface area (Å²) in [6.45, 7) is 5.93. The summed E-state index contributed by atoms with van der Waals surface area (Å²) in [7, 11) is 0. The minimum absolute atomic E-state index is 0.529. The number of anilines is 4. The van der Waals surface area contributed by atoms with Crippen LogP contribution in [0.2, 0.25) is 0 Å². The normalized spacial score (nSPS) is 13.9. The van der Waals surface area contributed by atoms with Crippen molar-refractivity contribution in [3.8, 4) is 0 Å². The fourth-order valence-electron chi connectivity index (χ4n) is 3.15. The number of hydrogen-bond acceptors (Lipinski definition) is 7. The van der Waals surface area contributed by atoms with Crippen molar-refractivity contribution in [2.45, 2.75) is 6.92 Å². The smallest absolute Gasteiger partial charge is 0.182 e. The van der Waals surface area contributed by atoms with Gasteiger partial charge < -0.3 is 25.6 Å². The van der Waals surface area contributed by atoms with E-state index in [0.717, 1.165) is 49.7 Å². The zero-order valence-corrected chi connectivity index (χ0v) is 17.0. The SMILES string of the molecule is CCNC(=S)Nc1ccc2ncc(Nc3ccccc3N3CCOCC3)nc2n1. The molecule has 0 atom stereocenters. The van der Waals surface area contributed by atoms with Crippen molar-refractivity contribution < 1.29 is 4.74 Å². The Morgan fingerprint density at radius 1 is 1.10 bits per heavy atom. The third-order valence-electron chi connectivity index (χ3n) is 4.50. The molecule has 9 heteroatoms. The number of nitrogens with one attached hydrogen (secondary N) is 3. The molecule has 0 aliphatic carbocycles. The second kappa shape index (κ2) is 8.97. The van der Waals surface area contributed by atoms with Crippen molar-refractivity contribution in [2.24, 2.45) is 0 Å². The van der Waals surface area contributed by atoms with Gasteiger partial charge in [-0.05, 0) is 43.4 Å². The van der Waals surface area contributed by atoms with Gasteiger partial charge in [0.2, 0.25) is 0 Å². The van der Waals surface area contributed by atoms with Crippen LogP contribution in [-0.4, -0.2) is 52.9 Å². The Kier molecular flexibility index (Phi) is 5.97. The third-order valence-corrected chi connectivity index (χ3v) is 4.75. The number of fused-ring (bicyclic) bond motifs is 1. The molecule has 0 bridgehead atoms. The topological polar surface area (TPSA) is 87.2 Å². The van der Waals surface area contributed by atoms with E-state index in [2.05, 4.69) is 41.9 Å². The molecule has 2 aromatic heterocycles. The summed E-state index contributed by atoms with van der Waals surface area (Å²) in [5, 5.41) is 10.0. The summed E-state index contributed by atoms with van der Waals surface area (Å²) >= 11 is 5.22. The summed E-state index contributed by atoms with van der Waals surface area (Å²) < 4.78 is 5.47. The Hall–Kier alpha value is -3.04. The Morgan fingerprint density at radius 3 is 2.72 bits per heavy atom. The van der Waals surface area contributed by atoms with E-state index in [4.69, 9.17) is 17.0 Å². The minimum atomic E-state index is 0.529. The lowest BCUT2D eigenvalue weighted by molar-refractivity contribution is 0.123. The molecule has 4 rings (SSSR count). The number of hydrogen-bond donors (Lipinski definition) is 3. The van der Waals surface area contributed by atoms with Crippen LogP contribution in [0.5, 0.6) is 0 Å². The first-order valence-electron chi connectivity index (χ1n) is 9.60. The first-order valence-corrected chi connectivity index (χ1v) is 10.0. The monoisotopic (exact) mass is 409 g/mol. The molecule has 3 N–H and O–H groups in total. The Bertz CT molecular complexity index is 1010. The molecular formula is C20H23N7OS. The van der Waals surface area contributed by atoms with Crippen LogP contribution >= 0.6 is 12.2 Å². The van der Waals surface area contributed by atoms with Crippen molar-refractivity contribution in [2.75, 3.05) is 48.4 Å². The van der Waals surface area contributed by atoms with Gasteiger partial charge in [0.15, 0.2) is 16.6 Å². The molecule has 1 fully saturated rings. The first-order chi connectivity index (χ1) is 14.2. The van der Waals surface area contributed by atoms with E-state index in [1.807, 2.05) is 37.3 Å². The summed E-state index contributed by atoms with van der Waals surface area (Å²) in [6.07, 6.45) is 1.72. The van der Waals surface area contributed by atoms with Crippen molar-refractivity contribution >= 4 is 51.5 Å². The molecule has 1 aromatic carbocycles. The number of pyridine rings is 1. The average molecular weight is 410 g/mol. The van der Waals surface area contributed by atoms with Crippen LogP contribution in [0, 0.1) is 0 Å². The van der Waals surface area contributed by atoms with E-state index in [9.17, 15) is 0 Å². The molecule has 8 nitrogen and oxygen atoms in total. The molecule has 0 saturated carbocycles. The highest BCUT2D eigenvalue weighted by molar-refractivity contribution is 7.80. The van der Waals surface area contributed by atoms with Crippen molar-refractivity contribution in [3.63, 3.8) is 0 Å². The molecule has 3 heterocycles. The van der Waals surface area contributed by atoms with E-state index in [-0.39, 0.29) is 0 Å². The number of rotatable bonds is 5. The van der Waals surface area contributed by atoms with Crippen LogP contribution in [0.25, 0.3) is 11.2 Å². The van der Waals surface area contributed by atoms with Crippen LogP contribution in [0.4, 0.5) is 23.0 Å². The molecule has 3 aromatic rings. The van der Waals surface area contributed by atoms with Gasteiger partial charge in [-0.2, -0.15) is 0 Å². The zero-order valence-electron chi connectivity index (χ0n) is 16.2. The standard InChI is InChI=1S/C20H23N7OS/c1-2-21-20(29)26-17-8-7-15-19(24-17)25-18(13-22-15)23-14-5-3-4-6-16(14)27-9-11-28-12-10-27/h3-8,13H,2,9-12H2,1H3,(H3,21,23,24,25,26,29). The summed E-state index contributed by atoms with van der Waals surface area (Å²) in [4.78, 5) is 16.0. The lowest BCUT2D eigenvalue weighted by Gasteiger charge is -2.30. The fraction of sp³-hybridized carbons (Fsp3) is 0.300. The van der Waals surface area contributed by atoms with Gasteiger partial charge in [0.25, 0.3) is 0 Å². The largest absolute Gasteiger partial charge is 0.378 e. The summed E-state index contributed by atoms with van der Waals surface area (Å²) in [5.74, 6) is 1.26. The number of benzene rings is 1. The average Bonchev–Trinajstić information content (AvgIpc) is 2.75. The molecule has 1 aliphatic heterocycles. The van der Waals surface area contributed by atoms with Crippen LogP contribution < -0.4 is 20.9 Å². The zero-order chi connectivity index (χ0) is 20.1. The Labute approximate surface area is 174 Å². The number of morpholine rings is 1. The van der Waals surface area contributed by atoms with E-state index in [0.29, 0.717) is 22.4 Å². The predicted molar refractivity (Wildman–Crippen MR) is 120 cm³/mol. The predicted octanol–water partition coefficient (Wildman–Crippen LogP) is 2.91. The third kappa shape index (κ3) is 4.69. The van der Waals surface area contributed by atoms with Crippen LogP contribution in [0.3, 0.4) is 0 Å². The number of thiocarbonyl (C=S) groups is 1. The number of aromatic nitrogens is 3. The highest BCUT2D eigenvalue weighted by Gasteiger charge is 2.15. The lowest BCUT2D eigenvalue weighted by Crippen LogP contribution is -2.36. The molecule has 150 valence electrons. The quantitative estimate of drug-likeness (QED) is 0.551. The van der Waals surface area contributed by atoms with Crippen molar-refractivity contribution in [1.29, 1.82) is 0 Å². The van der Waals surface area contributed by atoms with Crippen molar-refractivity contribution in [1.82, 2.24) is 20.3 Å². The van der Waals surface area contributed by atoms with Gasteiger partial charge in [-0.25, -0.2) is 15.0 Å². The van der Waals surface area contributed by atoms with E-state index in [1.54, 1.807) is 6.20 Å². The molecule has 0 amide bonds. The van der Waals surface area contributed by atoms with Gasteiger partial charge >= 0.3 is 0 Å². The molecule has 29 heavy (non-hydrogen) atoms. The minimum Gasteiger partial charge on any atom is -0.378 e. The van der Waals surface area contributed by atoms with E-state index >= 15 is 0 Å². The van der Waals surface area contributed by atoms with Gasteiger partial charge in [0.05, 0.1) is 30.8 Å². The maximum absolute atomic E-state index is 5.47. The lowest BCUT2D eigenvalue weighted by atomic mass is 10.2. The highest BCUT2D eigenvalue weighted by Crippen LogP contribution is 2.29. The van der Waals surface area contributed by atoms with Crippen LogP contribution in [-0.2, 0) is 4.74 Å². The highest BCUT2D eigenvalue weighted by atomic mass is 32.1. The molecule has 1 saturated heterocycles. The number of ether oxygens (including phenoxy) is 1. The van der Waals surface area contributed by atoms with Crippen molar-refractivity contribution in [3.05, 3.63) is 42.6 Å². The van der Waals surface area contributed by atoms with E-state index in [1.165, 1.54) is 0 Å². The second-order valence-corrected chi connectivity index (χ2v) is 6.93. The van der Waals surface area contributed by atoms with Gasteiger partial charge in [-0.3, -0.25) is 0 Å². The molecule has 0 radical (unpaired) electrons. The van der Waals surface area contributed by atoms with Gasteiger partial charge in [0.1, 0.15) is 11.3 Å². The first kappa shape index (κ1) is 19.3. The Balaban J connectivity index is 1.57. The number of para-hydroxylation sites is 2. The van der Waals surface area contributed by atoms with Gasteiger partial charge in [0, 0.05) is 19.6 Å². The second-order valence-electron chi connectivity index (χ2n) is 6.52. The maximum atomic E-state index is 5.47. The van der Waals surface area contributed by atoms with E-state index < -0.39 is 0 Å². The fourth-order valence-corrected chi connectivity index (χ4v) is 3.39. The van der Waals surface area contributed by atoms with Gasteiger partial charge in [-0.15, -0.1) is 0 Å². The van der Waals surface area contributed by atoms with Crippen LogP contribution in [0.15, 0.2) is 42.6 Å². The summed E-state index contributed by atoms with van der Waals surface area (Å²) in [5.41, 5.74) is 3.36. The maximum Gasteiger partial charge on any atom is 0.182 e. The summed E-state index contributed by atoms with van der Waals surface area (Å²) in [6, 6.07) is 11.9. The molecular weight excluding hydrogens is 386 g/mol. The van der Waals surface area contributed by atoms with Crippen LogP contribution in [0.1, 0.15) is 6.92 Å². The Morgan fingerprint density at radius 2 is 1.90 bits per heavy atom.